The van der Waals surface area contributed by atoms with E-state index < -0.39 is 12.0 Å². The third kappa shape index (κ3) is 5.79. The molecule has 0 saturated carbocycles. The molecule has 8 heteroatoms. The summed E-state index contributed by atoms with van der Waals surface area (Å²) in [7, 11) is 1.57. The number of ether oxygens (including phenoxy) is 2. The standard InChI is InChI=1S/C23H26N2O5S/c1-13(2)30-21(26)12-18(15-5-8-17(29-4)9-6-15)24-23(28)16-7-10-20-19(11-16)25-22(27)14(3)31-20/h5-11,13-14,18H,12H2,1-4H3,(H,24,28)(H,25,27)/t14-,18-/m0/s1. The fourth-order valence-corrected chi connectivity index (χ4v) is 4.09. The lowest BCUT2D eigenvalue weighted by molar-refractivity contribution is -0.148. The van der Waals surface area contributed by atoms with Crippen molar-refractivity contribution in [1.29, 1.82) is 0 Å². The molecule has 164 valence electrons. The molecule has 0 saturated heterocycles. The Balaban J connectivity index is 1.81. The number of carbonyl (C=O) groups excluding carboxylic acids is 3. The number of fused-ring (bicyclic) bond motifs is 1. The first kappa shape index (κ1) is 22.7. The highest BCUT2D eigenvalue weighted by Crippen LogP contribution is 2.36. The van der Waals surface area contributed by atoms with Gasteiger partial charge in [0.1, 0.15) is 5.75 Å². The molecule has 1 heterocycles. The van der Waals surface area contributed by atoms with Crippen molar-refractivity contribution < 1.29 is 23.9 Å². The van der Waals surface area contributed by atoms with Crippen molar-refractivity contribution in [2.75, 3.05) is 12.4 Å². The maximum absolute atomic E-state index is 13.0. The first-order chi connectivity index (χ1) is 14.8. The second-order valence-corrected chi connectivity index (χ2v) is 8.88. The average molecular weight is 443 g/mol. The fourth-order valence-electron chi connectivity index (χ4n) is 3.16. The molecule has 0 fully saturated rings. The summed E-state index contributed by atoms with van der Waals surface area (Å²) in [5.41, 5.74) is 1.76. The number of hydrogen-bond acceptors (Lipinski definition) is 6. The van der Waals surface area contributed by atoms with Crippen LogP contribution in [0.4, 0.5) is 5.69 Å². The first-order valence-corrected chi connectivity index (χ1v) is 10.9. The van der Waals surface area contributed by atoms with Crippen LogP contribution in [0, 0.1) is 0 Å². The van der Waals surface area contributed by atoms with E-state index in [4.69, 9.17) is 9.47 Å². The Morgan fingerprint density at radius 3 is 2.52 bits per heavy atom. The lowest BCUT2D eigenvalue weighted by Gasteiger charge is -2.23. The molecule has 1 aliphatic rings. The van der Waals surface area contributed by atoms with Gasteiger partial charge in [-0.25, -0.2) is 0 Å². The average Bonchev–Trinajstić information content (AvgIpc) is 2.73. The monoisotopic (exact) mass is 442 g/mol. The summed E-state index contributed by atoms with van der Waals surface area (Å²) >= 11 is 1.45. The molecule has 2 atom stereocenters. The van der Waals surface area contributed by atoms with Crippen LogP contribution in [0.2, 0.25) is 0 Å². The molecule has 7 nitrogen and oxygen atoms in total. The second-order valence-electron chi connectivity index (χ2n) is 7.50. The minimum Gasteiger partial charge on any atom is -0.497 e. The smallest absolute Gasteiger partial charge is 0.308 e. The van der Waals surface area contributed by atoms with E-state index in [1.165, 1.54) is 11.8 Å². The summed E-state index contributed by atoms with van der Waals surface area (Å²) < 4.78 is 10.5. The molecule has 0 aromatic heterocycles. The molecule has 0 unspecified atom stereocenters. The largest absolute Gasteiger partial charge is 0.497 e. The van der Waals surface area contributed by atoms with Crippen LogP contribution in [0.1, 0.15) is 49.2 Å². The van der Waals surface area contributed by atoms with E-state index in [9.17, 15) is 14.4 Å². The molecule has 2 N–H and O–H groups in total. The molecule has 31 heavy (non-hydrogen) atoms. The van der Waals surface area contributed by atoms with Crippen LogP contribution in [0.3, 0.4) is 0 Å². The van der Waals surface area contributed by atoms with Gasteiger partial charge in [0.2, 0.25) is 5.91 Å². The number of thioether (sulfide) groups is 1. The SMILES string of the molecule is COc1ccc([C@H](CC(=O)OC(C)C)NC(=O)c2ccc3c(c2)NC(=O)[C@H](C)S3)cc1. The number of amides is 2. The molecule has 0 bridgehead atoms. The zero-order chi connectivity index (χ0) is 22.5. The number of carbonyl (C=O) groups is 3. The molecule has 0 spiro atoms. The lowest BCUT2D eigenvalue weighted by Crippen LogP contribution is -2.31. The van der Waals surface area contributed by atoms with Gasteiger partial charge < -0.3 is 20.1 Å². The van der Waals surface area contributed by atoms with Gasteiger partial charge in [0.25, 0.3) is 5.91 Å². The van der Waals surface area contributed by atoms with Crippen LogP contribution >= 0.6 is 11.8 Å². The predicted molar refractivity (Wildman–Crippen MR) is 119 cm³/mol. The zero-order valence-corrected chi connectivity index (χ0v) is 18.7. The number of esters is 1. The number of nitrogens with one attached hydrogen (secondary N) is 2. The molecule has 2 aromatic carbocycles. The van der Waals surface area contributed by atoms with Gasteiger partial charge in [0.05, 0.1) is 36.6 Å². The second kappa shape index (κ2) is 9.87. The molecule has 0 aliphatic carbocycles. The molecule has 0 radical (unpaired) electrons. The van der Waals surface area contributed by atoms with Crippen LogP contribution < -0.4 is 15.4 Å². The molecule has 1 aliphatic heterocycles. The Labute approximate surface area is 185 Å². The van der Waals surface area contributed by atoms with E-state index in [2.05, 4.69) is 10.6 Å². The molecular formula is C23H26N2O5S. The summed E-state index contributed by atoms with van der Waals surface area (Å²) in [5.74, 6) is -0.170. The van der Waals surface area contributed by atoms with Crippen molar-refractivity contribution in [3.63, 3.8) is 0 Å². The summed E-state index contributed by atoms with van der Waals surface area (Å²) in [6.07, 6.45) is -0.255. The van der Waals surface area contributed by atoms with Crippen molar-refractivity contribution in [3.8, 4) is 5.75 Å². The van der Waals surface area contributed by atoms with Gasteiger partial charge >= 0.3 is 5.97 Å². The molecule has 2 aromatic rings. The predicted octanol–water partition coefficient (Wildman–Crippen LogP) is 3.94. The van der Waals surface area contributed by atoms with Gasteiger partial charge in [-0.05, 0) is 56.7 Å². The Morgan fingerprint density at radius 1 is 1.16 bits per heavy atom. The lowest BCUT2D eigenvalue weighted by atomic mass is 10.0. The van der Waals surface area contributed by atoms with Crippen LogP contribution in [0.15, 0.2) is 47.4 Å². The summed E-state index contributed by atoms with van der Waals surface area (Å²) in [5, 5.41) is 5.56. The van der Waals surface area contributed by atoms with Crippen LogP contribution in [-0.4, -0.2) is 36.2 Å². The zero-order valence-electron chi connectivity index (χ0n) is 17.9. The third-order valence-corrected chi connectivity index (χ3v) is 5.91. The number of hydrogen-bond donors (Lipinski definition) is 2. The van der Waals surface area contributed by atoms with E-state index in [1.807, 2.05) is 13.0 Å². The van der Waals surface area contributed by atoms with Crippen LogP contribution in [-0.2, 0) is 14.3 Å². The number of benzene rings is 2. The van der Waals surface area contributed by atoms with Crippen molar-refractivity contribution in [1.82, 2.24) is 5.32 Å². The van der Waals surface area contributed by atoms with Crippen molar-refractivity contribution in [2.45, 2.75) is 49.5 Å². The highest BCUT2D eigenvalue weighted by atomic mass is 32.2. The topological polar surface area (TPSA) is 93.7 Å². The summed E-state index contributed by atoms with van der Waals surface area (Å²) in [6, 6.07) is 11.8. The number of rotatable bonds is 7. The maximum Gasteiger partial charge on any atom is 0.308 e. The number of methoxy groups -OCH3 is 1. The van der Waals surface area contributed by atoms with Gasteiger partial charge in [0, 0.05) is 10.5 Å². The van der Waals surface area contributed by atoms with Gasteiger partial charge in [-0.15, -0.1) is 11.8 Å². The third-order valence-electron chi connectivity index (χ3n) is 4.73. The maximum atomic E-state index is 13.0. The van der Waals surface area contributed by atoms with E-state index in [0.29, 0.717) is 17.0 Å². The van der Waals surface area contributed by atoms with E-state index in [0.717, 1.165) is 10.5 Å². The van der Waals surface area contributed by atoms with Crippen molar-refractivity contribution in [3.05, 3.63) is 53.6 Å². The van der Waals surface area contributed by atoms with E-state index in [1.54, 1.807) is 57.4 Å². The van der Waals surface area contributed by atoms with Gasteiger partial charge in [-0.1, -0.05) is 12.1 Å². The molecular weight excluding hydrogens is 416 g/mol. The highest BCUT2D eigenvalue weighted by Gasteiger charge is 2.25. The Morgan fingerprint density at radius 2 is 1.87 bits per heavy atom. The molecule has 2 amide bonds. The Bertz CT molecular complexity index is 974. The van der Waals surface area contributed by atoms with E-state index in [-0.39, 0.29) is 29.6 Å². The number of anilines is 1. The highest BCUT2D eigenvalue weighted by molar-refractivity contribution is 8.00. The van der Waals surface area contributed by atoms with Gasteiger partial charge in [-0.2, -0.15) is 0 Å². The quantitative estimate of drug-likeness (QED) is 0.631. The van der Waals surface area contributed by atoms with Crippen LogP contribution in [0.25, 0.3) is 0 Å². The molecule has 3 rings (SSSR count). The van der Waals surface area contributed by atoms with Gasteiger partial charge in [0.15, 0.2) is 0 Å². The summed E-state index contributed by atoms with van der Waals surface area (Å²) in [4.78, 5) is 38.1. The minimum atomic E-state index is -0.579. The normalized spacial score (nSPS) is 16.2. The van der Waals surface area contributed by atoms with Gasteiger partial charge in [-0.3, -0.25) is 14.4 Å². The minimum absolute atomic E-state index is 0.00864. The Hall–Kier alpha value is -3.00. The van der Waals surface area contributed by atoms with E-state index >= 15 is 0 Å². The van der Waals surface area contributed by atoms with Crippen molar-refractivity contribution in [2.24, 2.45) is 0 Å². The van der Waals surface area contributed by atoms with Crippen LogP contribution in [0.5, 0.6) is 5.75 Å². The fraction of sp³-hybridized carbons (Fsp3) is 0.348. The Kier molecular flexibility index (Phi) is 7.22. The first-order valence-electron chi connectivity index (χ1n) is 10.0. The van der Waals surface area contributed by atoms with Crippen molar-refractivity contribution >= 4 is 35.2 Å². The summed E-state index contributed by atoms with van der Waals surface area (Å²) in [6.45, 7) is 5.39.